The molecule has 178 valence electrons. The van der Waals surface area contributed by atoms with Crippen LogP contribution in [0.3, 0.4) is 0 Å². The number of halogens is 2. The van der Waals surface area contributed by atoms with Crippen LogP contribution in [0, 0.1) is 11.3 Å². The van der Waals surface area contributed by atoms with E-state index in [1.807, 2.05) is 37.3 Å². The van der Waals surface area contributed by atoms with Gasteiger partial charge < -0.3 is 21.1 Å². The zero-order valence-corrected chi connectivity index (χ0v) is 19.0. The van der Waals surface area contributed by atoms with Crippen LogP contribution in [0.2, 0.25) is 0 Å². The number of amides is 2. The molecule has 4 unspecified atom stereocenters. The molecule has 3 aliphatic rings. The van der Waals surface area contributed by atoms with Gasteiger partial charge >= 0.3 is 0 Å². The topological polar surface area (TPSA) is 93.5 Å². The summed E-state index contributed by atoms with van der Waals surface area (Å²) in [5.74, 6) is -4.39. The molecular formula is C25H31F2N3O3. The minimum Gasteiger partial charge on any atom is -0.489 e. The van der Waals surface area contributed by atoms with E-state index in [1.54, 1.807) is 6.08 Å². The van der Waals surface area contributed by atoms with Gasteiger partial charge in [0, 0.05) is 38.4 Å². The lowest BCUT2D eigenvalue weighted by Gasteiger charge is -2.37. The van der Waals surface area contributed by atoms with Crippen LogP contribution in [0.1, 0.15) is 44.1 Å². The van der Waals surface area contributed by atoms with E-state index < -0.39 is 29.1 Å². The van der Waals surface area contributed by atoms with Crippen LogP contribution in [-0.2, 0) is 14.3 Å². The van der Waals surface area contributed by atoms with Gasteiger partial charge in [0.2, 0.25) is 5.91 Å². The Labute approximate surface area is 192 Å². The summed E-state index contributed by atoms with van der Waals surface area (Å²) in [5, 5.41) is 5.63. The molecule has 2 heterocycles. The molecule has 33 heavy (non-hydrogen) atoms. The van der Waals surface area contributed by atoms with E-state index in [0.717, 1.165) is 11.1 Å². The summed E-state index contributed by atoms with van der Waals surface area (Å²) in [6.07, 6.45) is 1.58. The third kappa shape index (κ3) is 4.28. The van der Waals surface area contributed by atoms with Crippen LogP contribution in [-0.4, -0.2) is 44.0 Å². The van der Waals surface area contributed by atoms with Crippen molar-refractivity contribution in [2.24, 2.45) is 17.1 Å². The highest BCUT2D eigenvalue weighted by molar-refractivity contribution is 6.00. The third-order valence-corrected chi connectivity index (χ3v) is 7.29. The number of carbonyl (C=O) groups excluding carboxylic acids is 2. The van der Waals surface area contributed by atoms with Crippen molar-refractivity contribution in [1.82, 2.24) is 10.6 Å². The zero-order valence-electron chi connectivity index (χ0n) is 19.0. The van der Waals surface area contributed by atoms with Crippen molar-refractivity contribution in [3.8, 4) is 0 Å². The van der Waals surface area contributed by atoms with Crippen LogP contribution >= 0.6 is 0 Å². The van der Waals surface area contributed by atoms with E-state index in [9.17, 15) is 18.4 Å². The summed E-state index contributed by atoms with van der Waals surface area (Å²) >= 11 is 0. The van der Waals surface area contributed by atoms with Gasteiger partial charge in [0.05, 0.1) is 11.0 Å². The second-order valence-electron chi connectivity index (χ2n) is 9.35. The van der Waals surface area contributed by atoms with Gasteiger partial charge in [-0.1, -0.05) is 36.4 Å². The van der Waals surface area contributed by atoms with Crippen molar-refractivity contribution in [3.05, 3.63) is 58.9 Å². The third-order valence-electron chi connectivity index (χ3n) is 7.29. The molecule has 6 nitrogen and oxygen atoms in total. The maximum absolute atomic E-state index is 14.5. The molecule has 0 radical (unpaired) electrons. The number of nitrogens with one attached hydrogen (secondary N) is 2. The van der Waals surface area contributed by atoms with Gasteiger partial charge in [0.15, 0.2) is 0 Å². The molecule has 4 atom stereocenters. The summed E-state index contributed by atoms with van der Waals surface area (Å²) in [5.41, 5.74) is 6.74. The fourth-order valence-electron chi connectivity index (χ4n) is 5.42. The SMILES string of the molecule is CNC(=O)C1=CC(CCC2CNCCC2(F)F)(C(N)=O)CC2=C1OC(C)C2c1ccccc1. The van der Waals surface area contributed by atoms with Crippen molar-refractivity contribution >= 4 is 11.8 Å². The smallest absolute Gasteiger partial charge is 0.254 e. The van der Waals surface area contributed by atoms with Crippen LogP contribution in [0.15, 0.2) is 53.3 Å². The Morgan fingerprint density at radius 2 is 2.00 bits per heavy atom. The molecule has 1 fully saturated rings. The van der Waals surface area contributed by atoms with E-state index in [-0.39, 0.29) is 56.4 Å². The number of rotatable bonds is 6. The van der Waals surface area contributed by atoms with Crippen molar-refractivity contribution in [1.29, 1.82) is 0 Å². The fraction of sp³-hybridized carbons (Fsp3) is 0.520. The number of hydrogen-bond acceptors (Lipinski definition) is 4. The molecule has 0 aromatic heterocycles. The van der Waals surface area contributed by atoms with Gasteiger partial charge in [-0.3, -0.25) is 9.59 Å². The van der Waals surface area contributed by atoms with Crippen molar-refractivity contribution < 1.29 is 23.1 Å². The van der Waals surface area contributed by atoms with Crippen molar-refractivity contribution in [3.63, 3.8) is 0 Å². The molecule has 1 saturated heterocycles. The first-order valence-electron chi connectivity index (χ1n) is 11.5. The van der Waals surface area contributed by atoms with E-state index in [1.165, 1.54) is 7.05 Å². The molecule has 8 heteroatoms. The molecule has 1 aromatic carbocycles. The summed E-state index contributed by atoms with van der Waals surface area (Å²) < 4.78 is 35.1. The van der Waals surface area contributed by atoms with E-state index >= 15 is 0 Å². The van der Waals surface area contributed by atoms with Crippen LogP contribution < -0.4 is 16.4 Å². The van der Waals surface area contributed by atoms with Crippen LogP contribution in [0.5, 0.6) is 0 Å². The normalized spacial score (nSPS) is 30.8. The number of carbonyl (C=O) groups is 2. The molecule has 2 aliphatic heterocycles. The minimum atomic E-state index is -2.80. The highest BCUT2D eigenvalue weighted by atomic mass is 19.3. The summed E-state index contributed by atoms with van der Waals surface area (Å²) in [6, 6.07) is 9.75. The maximum Gasteiger partial charge on any atom is 0.254 e. The second kappa shape index (κ2) is 8.89. The molecule has 1 aliphatic carbocycles. The lowest BCUT2D eigenvalue weighted by atomic mass is 9.67. The monoisotopic (exact) mass is 459 g/mol. The average molecular weight is 460 g/mol. The quantitative estimate of drug-likeness (QED) is 0.610. The first-order valence-corrected chi connectivity index (χ1v) is 11.5. The highest BCUT2D eigenvalue weighted by Crippen LogP contribution is 2.52. The molecular weight excluding hydrogens is 428 g/mol. The number of ether oxygens (including phenoxy) is 1. The van der Waals surface area contributed by atoms with Gasteiger partial charge in [-0.05, 0) is 37.3 Å². The predicted molar refractivity (Wildman–Crippen MR) is 120 cm³/mol. The molecule has 0 bridgehead atoms. The maximum atomic E-state index is 14.5. The lowest BCUT2D eigenvalue weighted by molar-refractivity contribution is -0.127. The minimum absolute atomic E-state index is 0.121. The Bertz CT molecular complexity index is 992. The second-order valence-corrected chi connectivity index (χ2v) is 9.35. The number of likely N-dealkylation sites (N-methyl/N-ethyl adjacent to an activating group) is 1. The van der Waals surface area contributed by atoms with Crippen molar-refractivity contribution in [2.45, 2.75) is 50.6 Å². The number of piperidine rings is 1. The van der Waals surface area contributed by atoms with Gasteiger partial charge in [-0.25, -0.2) is 8.78 Å². The Kier molecular flexibility index (Phi) is 6.31. The number of hydrogen-bond donors (Lipinski definition) is 3. The zero-order chi connectivity index (χ0) is 23.8. The van der Waals surface area contributed by atoms with E-state index in [0.29, 0.717) is 5.76 Å². The average Bonchev–Trinajstić information content (AvgIpc) is 3.12. The van der Waals surface area contributed by atoms with Gasteiger partial charge in [0.25, 0.3) is 11.8 Å². The summed E-state index contributed by atoms with van der Waals surface area (Å²) in [4.78, 5) is 25.7. The Morgan fingerprint density at radius 3 is 2.64 bits per heavy atom. The first kappa shape index (κ1) is 23.4. The molecule has 0 saturated carbocycles. The predicted octanol–water partition coefficient (Wildman–Crippen LogP) is 3.02. The standard InChI is InChI=1S/C25H31F2N3O3/c1-15-20(16-6-4-3-5-7-16)18-12-24(23(28)32,13-19(21(18)33-15)22(31)29-2)9-8-17-14-30-11-10-25(17,26)27/h3-7,13,15,17,20,30H,8-12,14H2,1-2H3,(H2,28,32)(H,29,31). The van der Waals surface area contributed by atoms with Crippen molar-refractivity contribution in [2.75, 3.05) is 20.1 Å². The van der Waals surface area contributed by atoms with E-state index in [2.05, 4.69) is 10.6 Å². The Morgan fingerprint density at radius 1 is 1.27 bits per heavy atom. The van der Waals surface area contributed by atoms with Gasteiger partial charge in [-0.15, -0.1) is 0 Å². The first-order chi connectivity index (χ1) is 15.7. The number of benzene rings is 1. The highest BCUT2D eigenvalue weighted by Gasteiger charge is 2.50. The summed E-state index contributed by atoms with van der Waals surface area (Å²) in [6.45, 7) is 2.39. The molecule has 4 rings (SSSR count). The Balaban J connectivity index is 1.72. The van der Waals surface area contributed by atoms with Gasteiger partial charge in [0.1, 0.15) is 11.9 Å². The number of nitrogens with two attached hydrogens (primary N) is 1. The number of primary amides is 1. The van der Waals surface area contributed by atoms with E-state index in [4.69, 9.17) is 10.5 Å². The molecule has 1 aromatic rings. The fourth-order valence-corrected chi connectivity index (χ4v) is 5.42. The summed E-state index contributed by atoms with van der Waals surface area (Å²) in [7, 11) is 1.51. The van der Waals surface area contributed by atoms with Crippen LogP contribution in [0.25, 0.3) is 0 Å². The largest absolute Gasteiger partial charge is 0.489 e. The lowest BCUT2D eigenvalue weighted by Crippen LogP contribution is -2.46. The Hall–Kier alpha value is -2.74. The van der Waals surface area contributed by atoms with Crippen LogP contribution in [0.4, 0.5) is 8.78 Å². The molecule has 4 N–H and O–H groups in total. The van der Waals surface area contributed by atoms with Gasteiger partial charge in [-0.2, -0.15) is 0 Å². The molecule has 0 spiro atoms. The molecule has 2 amide bonds. The number of alkyl halides is 2.